The van der Waals surface area contributed by atoms with Gasteiger partial charge in [-0.15, -0.1) is 0 Å². The minimum Gasteiger partial charge on any atom is -0.492 e. The normalized spacial score (nSPS) is 14.4. The number of anilines is 1. The summed E-state index contributed by atoms with van der Waals surface area (Å²) >= 11 is 6.07. The summed E-state index contributed by atoms with van der Waals surface area (Å²) in [5, 5.41) is 3.14. The molecule has 1 saturated heterocycles. The Hall–Kier alpha value is -3.12. The zero-order valence-corrected chi connectivity index (χ0v) is 24.5. The van der Waals surface area contributed by atoms with E-state index >= 15 is 0 Å². The maximum atomic E-state index is 13.5. The Kier molecular flexibility index (Phi) is 9.72. The van der Waals surface area contributed by atoms with Crippen LogP contribution in [0.3, 0.4) is 0 Å². The minimum absolute atomic E-state index is 0.0613. The minimum atomic E-state index is -4.04. The van der Waals surface area contributed by atoms with Crippen LogP contribution in [-0.4, -0.2) is 59.8 Å². The fraction of sp³-hybridized carbons (Fsp3) is 0.321. The van der Waals surface area contributed by atoms with Crippen molar-refractivity contribution in [2.24, 2.45) is 0 Å². The first kappa shape index (κ1) is 29.9. The lowest BCUT2D eigenvalue weighted by Crippen LogP contribution is -2.42. The van der Waals surface area contributed by atoms with Crippen LogP contribution in [0.4, 0.5) is 5.69 Å². The SMILES string of the molecule is Cc1cc(Cl)ccc1N(CC(=O)NCCOc1ccc(S(=O)(=O)N2CCCCC2)cc1)S(=O)(=O)c1ccccc1. The summed E-state index contributed by atoms with van der Waals surface area (Å²) in [6.45, 7) is 2.57. The van der Waals surface area contributed by atoms with Gasteiger partial charge in [0.15, 0.2) is 0 Å². The lowest BCUT2D eigenvalue weighted by Gasteiger charge is -2.26. The number of hydrogen-bond acceptors (Lipinski definition) is 6. The third-order valence-corrected chi connectivity index (χ3v) is 10.4. The zero-order chi connectivity index (χ0) is 28.8. The number of sulfonamides is 2. The topological polar surface area (TPSA) is 113 Å². The molecular formula is C28H32ClN3O6S2. The number of benzene rings is 3. The van der Waals surface area contributed by atoms with Crippen LogP contribution in [0.5, 0.6) is 5.75 Å². The fourth-order valence-corrected chi connectivity index (χ4v) is 7.68. The number of rotatable bonds is 11. The number of hydrogen-bond donors (Lipinski definition) is 1. The van der Waals surface area contributed by atoms with E-state index in [2.05, 4.69) is 5.32 Å². The number of nitrogens with zero attached hydrogens (tertiary/aromatic N) is 2. The van der Waals surface area contributed by atoms with Gasteiger partial charge in [0.25, 0.3) is 10.0 Å². The van der Waals surface area contributed by atoms with Crippen LogP contribution in [0.15, 0.2) is 82.6 Å². The molecule has 1 amide bonds. The molecule has 4 rings (SSSR count). The number of piperidine rings is 1. The Morgan fingerprint density at radius 1 is 0.925 bits per heavy atom. The molecule has 1 N–H and O–H groups in total. The summed E-state index contributed by atoms with van der Waals surface area (Å²) in [6.07, 6.45) is 2.76. The second-order valence-corrected chi connectivity index (χ2v) is 13.6. The van der Waals surface area contributed by atoms with Crippen LogP contribution in [0.1, 0.15) is 24.8 Å². The quantitative estimate of drug-likeness (QED) is 0.328. The molecule has 0 atom stereocenters. The van der Waals surface area contributed by atoms with Gasteiger partial charge in [-0.05, 0) is 79.9 Å². The van der Waals surface area contributed by atoms with Crippen molar-refractivity contribution in [3.05, 3.63) is 83.4 Å². The van der Waals surface area contributed by atoms with Gasteiger partial charge in [0.2, 0.25) is 15.9 Å². The third-order valence-electron chi connectivity index (χ3n) is 6.52. The molecule has 0 unspecified atom stereocenters. The first-order chi connectivity index (χ1) is 19.1. The van der Waals surface area contributed by atoms with Crippen molar-refractivity contribution >= 4 is 43.2 Å². The average molecular weight is 606 g/mol. The number of halogens is 1. The predicted octanol–water partition coefficient (Wildman–Crippen LogP) is 4.21. The van der Waals surface area contributed by atoms with Crippen molar-refractivity contribution in [2.75, 3.05) is 37.1 Å². The summed E-state index contributed by atoms with van der Waals surface area (Å²) in [5.41, 5.74) is 0.952. The van der Waals surface area contributed by atoms with Crippen molar-refractivity contribution in [1.82, 2.24) is 9.62 Å². The molecule has 0 spiro atoms. The molecule has 40 heavy (non-hydrogen) atoms. The van der Waals surface area contributed by atoms with E-state index in [1.165, 1.54) is 28.6 Å². The number of nitrogens with one attached hydrogen (secondary N) is 1. The molecule has 3 aromatic rings. The highest BCUT2D eigenvalue weighted by molar-refractivity contribution is 7.92. The maximum absolute atomic E-state index is 13.5. The molecule has 214 valence electrons. The van der Waals surface area contributed by atoms with E-state index in [1.807, 2.05) is 0 Å². The van der Waals surface area contributed by atoms with E-state index < -0.39 is 32.5 Å². The number of carbonyl (C=O) groups excluding carboxylic acids is 1. The van der Waals surface area contributed by atoms with E-state index in [-0.39, 0.29) is 22.9 Å². The summed E-state index contributed by atoms with van der Waals surface area (Å²) < 4.78 is 60.8. The van der Waals surface area contributed by atoms with Crippen molar-refractivity contribution in [1.29, 1.82) is 0 Å². The molecule has 1 aliphatic heterocycles. The van der Waals surface area contributed by atoms with Crippen LogP contribution < -0.4 is 14.4 Å². The summed E-state index contributed by atoms with van der Waals surface area (Å²) in [7, 11) is -7.56. The first-order valence-corrected chi connectivity index (χ1v) is 16.2. The maximum Gasteiger partial charge on any atom is 0.264 e. The molecule has 1 fully saturated rings. The second kappa shape index (κ2) is 13.0. The third kappa shape index (κ3) is 7.14. The number of ether oxygens (including phenoxy) is 1. The van der Waals surface area contributed by atoms with Crippen LogP contribution in [-0.2, 0) is 24.8 Å². The molecular weight excluding hydrogens is 574 g/mol. The van der Waals surface area contributed by atoms with E-state index in [4.69, 9.17) is 16.3 Å². The standard InChI is InChI=1S/C28H32ClN3O6S2/c1-22-20-23(29)10-15-27(22)32(40(36,37)25-8-4-2-5-9-25)21-28(33)30-16-19-38-24-11-13-26(14-12-24)39(34,35)31-17-6-3-7-18-31/h2,4-5,8-15,20H,3,6-7,16-19,21H2,1H3,(H,30,33). The lowest BCUT2D eigenvalue weighted by atomic mass is 10.2. The van der Waals surface area contributed by atoms with Crippen LogP contribution in [0.25, 0.3) is 0 Å². The molecule has 0 radical (unpaired) electrons. The number of aryl methyl sites for hydroxylation is 1. The van der Waals surface area contributed by atoms with Crippen molar-refractivity contribution < 1.29 is 26.4 Å². The Morgan fingerprint density at radius 3 is 2.25 bits per heavy atom. The van der Waals surface area contributed by atoms with Gasteiger partial charge in [-0.1, -0.05) is 36.2 Å². The zero-order valence-electron chi connectivity index (χ0n) is 22.1. The molecule has 1 aliphatic rings. The first-order valence-electron chi connectivity index (χ1n) is 12.9. The van der Waals surface area contributed by atoms with E-state index in [0.717, 1.165) is 23.6 Å². The monoisotopic (exact) mass is 605 g/mol. The van der Waals surface area contributed by atoms with Gasteiger partial charge >= 0.3 is 0 Å². The van der Waals surface area contributed by atoms with Gasteiger partial charge in [0.05, 0.1) is 22.0 Å². The number of carbonyl (C=O) groups is 1. The van der Waals surface area contributed by atoms with Gasteiger partial charge in [-0.2, -0.15) is 4.31 Å². The Balaban J connectivity index is 1.36. The van der Waals surface area contributed by atoms with Crippen LogP contribution in [0, 0.1) is 6.92 Å². The Labute approximate surface area is 240 Å². The lowest BCUT2D eigenvalue weighted by molar-refractivity contribution is -0.119. The van der Waals surface area contributed by atoms with Crippen molar-refractivity contribution in [3.63, 3.8) is 0 Å². The molecule has 12 heteroatoms. The predicted molar refractivity (Wildman–Crippen MR) is 155 cm³/mol. The molecule has 0 bridgehead atoms. The fourth-order valence-electron chi connectivity index (χ4n) is 4.43. The van der Waals surface area contributed by atoms with Crippen LogP contribution in [0.2, 0.25) is 5.02 Å². The molecule has 0 saturated carbocycles. The molecule has 9 nitrogen and oxygen atoms in total. The summed E-state index contributed by atoms with van der Waals surface area (Å²) in [4.78, 5) is 13.1. The van der Waals surface area contributed by atoms with Gasteiger partial charge in [-0.3, -0.25) is 9.10 Å². The number of amides is 1. The molecule has 0 aromatic heterocycles. The molecule has 0 aliphatic carbocycles. The van der Waals surface area contributed by atoms with Gasteiger partial charge in [-0.25, -0.2) is 16.8 Å². The van der Waals surface area contributed by atoms with Crippen LogP contribution >= 0.6 is 11.6 Å². The molecule has 1 heterocycles. The van der Waals surface area contributed by atoms with Crippen molar-refractivity contribution in [3.8, 4) is 5.75 Å². The van der Waals surface area contributed by atoms with E-state index in [9.17, 15) is 21.6 Å². The van der Waals surface area contributed by atoms with Gasteiger partial charge in [0, 0.05) is 18.1 Å². The largest absolute Gasteiger partial charge is 0.492 e. The van der Waals surface area contributed by atoms with Gasteiger partial charge in [0.1, 0.15) is 18.9 Å². The Bertz CT molecular complexity index is 1530. The molecule has 3 aromatic carbocycles. The Morgan fingerprint density at radius 2 is 1.60 bits per heavy atom. The van der Waals surface area contributed by atoms with E-state index in [1.54, 1.807) is 55.5 Å². The van der Waals surface area contributed by atoms with Gasteiger partial charge < -0.3 is 10.1 Å². The summed E-state index contributed by atoms with van der Waals surface area (Å²) in [5.74, 6) is -0.0580. The summed E-state index contributed by atoms with van der Waals surface area (Å²) in [6, 6.07) is 18.9. The van der Waals surface area contributed by atoms with Crippen molar-refractivity contribution in [2.45, 2.75) is 36.0 Å². The highest BCUT2D eigenvalue weighted by Gasteiger charge is 2.28. The average Bonchev–Trinajstić information content (AvgIpc) is 2.95. The highest BCUT2D eigenvalue weighted by Crippen LogP contribution is 2.29. The highest BCUT2D eigenvalue weighted by atomic mass is 35.5. The second-order valence-electron chi connectivity index (χ2n) is 9.39. The van der Waals surface area contributed by atoms with E-state index in [0.29, 0.717) is 35.1 Å². The smallest absolute Gasteiger partial charge is 0.264 e.